The molecule has 0 radical (unpaired) electrons. The van der Waals surface area contributed by atoms with Gasteiger partial charge in [-0.05, 0) is 32.4 Å². The highest BCUT2D eigenvalue weighted by atomic mass is 32.1. The SMILES string of the molecule is Cc1sc2nc(CNCCCF)[nH]c(=O)c2c1C. The van der Waals surface area contributed by atoms with Crippen LogP contribution in [0, 0.1) is 13.8 Å². The Hall–Kier alpha value is -1.27. The molecule has 0 aliphatic rings. The number of aromatic amines is 1. The molecule has 0 aliphatic carbocycles. The van der Waals surface area contributed by atoms with Gasteiger partial charge >= 0.3 is 0 Å². The van der Waals surface area contributed by atoms with E-state index in [1.165, 1.54) is 11.3 Å². The van der Waals surface area contributed by atoms with Crippen molar-refractivity contribution in [2.24, 2.45) is 0 Å². The number of H-pyrrole nitrogens is 1. The van der Waals surface area contributed by atoms with Gasteiger partial charge in [0.05, 0.1) is 18.6 Å². The van der Waals surface area contributed by atoms with Gasteiger partial charge in [0, 0.05) is 4.88 Å². The molecule has 0 unspecified atom stereocenters. The van der Waals surface area contributed by atoms with Gasteiger partial charge in [0.25, 0.3) is 5.56 Å². The van der Waals surface area contributed by atoms with Crippen LogP contribution < -0.4 is 10.9 Å². The van der Waals surface area contributed by atoms with E-state index in [0.717, 1.165) is 15.3 Å². The van der Waals surface area contributed by atoms with Gasteiger partial charge in [-0.2, -0.15) is 0 Å². The van der Waals surface area contributed by atoms with Gasteiger partial charge in [0.1, 0.15) is 10.7 Å². The van der Waals surface area contributed by atoms with Gasteiger partial charge in [0.2, 0.25) is 0 Å². The number of alkyl halides is 1. The fourth-order valence-corrected chi connectivity index (χ4v) is 2.83. The van der Waals surface area contributed by atoms with Crippen molar-refractivity contribution in [1.29, 1.82) is 0 Å². The zero-order chi connectivity index (χ0) is 13.1. The minimum atomic E-state index is -0.334. The summed E-state index contributed by atoms with van der Waals surface area (Å²) in [4.78, 5) is 21.0. The Labute approximate surface area is 108 Å². The minimum absolute atomic E-state index is 0.0934. The molecule has 0 amide bonds. The van der Waals surface area contributed by atoms with E-state index in [1.807, 2.05) is 13.8 Å². The lowest BCUT2D eigenvalue weighted by Crippen LogP contribution is -2.20. The number of nitrogens with one attached hydrogen (secondary N) is 2. The van der Waals surface area contributed by atoms with E-state index in [4.69, 9.17) is 0 Å². The lowest BCUT2D eigenvalue weighted by Gasteiger charge is -2.02. The van der Waals surface area contributed by atoms with Gasteiger partial charge in [0.15, 0.2) is 0 Å². The number of thiophene rings is 1. The molecule has 18 heavy (non-hydrogen) atoms. The van der Waals surface area contributed by atoms with E-state index >= 15 is 0 Å². The average Bonchev–Trinajstić information content (AvgIpc) is 2.61. The molecular formula is C12H16FN3OS. The van der Waals surface area contributed by atoms with Crippen molar-refractivity contribution in [3.05, 3.63) is 26.6 Å². The van der Waals surface area contributed by atoms with Crippen LogP contribution in [0.1, 0.15) is 22.7 Å². The third kappa shape index (κ3) is 2.59. The Balaban J connectivity index is 2.24. The molecular weight excluding hydrogens is 253 g/mol. The van der Waals surface area contributed by atoms with Gasteiger partial charge in [-0.15, -0.1) is 11.3 Å². The number of nitrogens with zero attached hydrogens (tertiary/aromatic N) is 1. The van der Waals surface area contributed by atoms with Crippen molar-refractivity contribution in [1.82, 2.24) is 15.3 Å². The number of hydrogen-bond donors (Lipinski definition) is 2. The Morgan fingerprint density at radius 2 is 2.22 bits per heavy atom. The standard InChI is InChI=1S/C12H16FN3OS/c1-7-8(2)18-12-10(7)11(17)15-9(16-12)6-14-5-3-4-13/h14H,3-6H2,1-2H3,(H,15,16,17). The van der Waals surface area contributed by atoms with Crippen LogP contribution in [0.15, 0.2) is 4.79 Å². The molecule has 0 saturated heterocycles. The maximum atomic E-state index is 11.9. The molecule has 0 spiro atoms. The van der Waals surface area contributed by atoms with Crippen LogP contribution in [0.5, 0.6) is 0 Å². The third-order valence-corrected chi connectivity index (χ3v) is 3.97. The molecule has 98 valence electrons. The molecule has 0 saturated carbocycles. The fraction of sp³-hybridized carbons (Fsp3) is 0.500. The Bertz CT molecular complexity index is 605. The Morgan fingerprint density at radius 3 is 2.94 bits per heavy atom. The second-order valence-corrected chi connectivity index (χ2v) is 5.40. The molecule has 4 nitrogen and oxygen atoms in total. The predicted molar refractivity (Wildman–Crippen MR) is 72.0 cm³/mol. The molecule has 0 fully saturated rings. The van der Waals surface area contributed by atoms with Crippen LogP contribution in [0.2, 0.25) is 0 Å². The van der Waals surface area contributed by atoms with Crippen molar-refractivity contribution in [3.63, 3.8) is 0 Å². The van der Waals surface area contributed by atoms with Crippen molar-refractivity contribution in [2.75, 3.05) is 13.2 Å². The highest BCUT2D eigenvalue weighted by Gasteiger charge is 2.11. The van der Waals surface area contributed by atoms with Crippen LogP contribution in [0.25, 0.3) is 10.2 Å². The molecule has 2 rings (SSSR count). The minimum Gasteiger partial charge on any atom is -0.310 e. The molecule has 6 heteroatoms. The molecule has 0 bridgehead atoms. The summed E-state index contributed by atoms with van der Waals surface area (Å²) >= 11 is 1.53. The second-order valence-electron chi connectivity index (χ2n) is 4.20. The van der Waals surface area contributed by atoms with E-state index < -0.39 is 0 Å². The molecule has 0 aliphatic heterocycles. The molecule has 2 heterocycles. The first-order chi connectivity index (χ1) is 8.63. The number of fused-ring (bicyclic) bond motifs is 1. The van der Waals surface area contributed by atoms with Gasteiger partial charge in [-0.25, -0.2) is 4.98 Å². The summed E-state index contributed by atoms with van der Waals surface area (Å²) in [7, 11) is 0. The first-order valence-corrected chi connectivity index (χ1v) is 6.70. The highest BCUT2D eigenvalue weighted by Crippen LogP contribution is 2.25. The van der Waals surface area contributed by atoms with E-state index in [-0.39, 0.29) is 12.2 Å². The molecule has 0 atom stereocenters. The summed E-state index contributed by atoms with van der Waals surface area (Å²) in [5.74, 6) is 0.604. The number of halogens is 1. The number of hydrogen-bond acceptors (Lipinski definition) is 4. The topological polar surface area (TPSA) is 57.8 Å². The summed E-state index contributed by atoms with van der Waals surface area (Å²) in [6.07, 6.45) is 0.476. The zero-order valence-corrected chi connectivity index (χ0v) is 11.3. The van der Waals surface area contributed by atoms with Crippen LogP contribution in [-0.4, -0.2) is 23.2 Å². The van der Waals surface area contributed by atoms with Crippen LogP contribution in [0.4, 0.5) is 4.39 Å². The number of aromatic nitrogens is 2. The van der Waals surface area contributed by atoms with Crippen molar-refractivity contribution in [3.8, 4) is 0 Å². The first kappa shape index (κ1) is 13.2. The molecule has 2 aromatic rings. The fourth-order valence-electron chi connectivity index (χ4n) is 1.78. The van der Waals surface area contributed by atoms with Gasteiger partial charge in [-0.1, -0.05) is 0 Å². The molecule has 2 aromatic heterocycles. The van der Waals surface area contributed by atoms with Crippen LogP contribution in [0.3, 0.4) is 0 Å². The Kier molecular flexibility index (Phi) is 4.08. The first-order valence-electron chi connectivity index (χ1n) is 5.89. The largest absolute Gasteiger partial charge is 0.310 e. The molecule has 2 N–H and O–H groups in total. The lowest BCUT2D eigenvalue weighted by atomic mass is 10.2. The van der Waals surface area contributed by atoms with Gasteiger partial charge in [-0.3, -0.25) is 9.18 Å². The van der Waals surface area contributed by atoms with E-state index in [1.54, 1.807) is 0 Å². The average molecular weight is 269 g/mol. The highest BCUT2D eigenvalue weighted by molar-refractivity contribution is 7.18. The second kappa shape index (κ2) is 5.58. The summed E-state index contributed by atoms with van der Waals surface area (Å²) in [6, 6.07) is 0. The zero-order valence-electron chi connectivity index (χ0n) is 10.5. The van der Waals surface area contributed by atoms with E-state index in [0.29, 0.717) is 30.7 Å². The Morgan fingerprint density at radius 1 is 1.44 bits per heavy atom. The van der Waals surface area contributed by atoms with Gasteiger partial charge < -0.3 is 10.3 Å². The predicted octanol–water partition coefficient (Wildman–Crippen LogP) is 2.05. The molecule has 0 aromatic carbocycles. The summed E-state index contributed by atoms with van der Waals surface area (Å²) in [6.45, 7) is 4.63. The van der Waals surface area contributed by atoms with Crippen molar-refractivity contribution >= 4 is 21.6 Å². The quantitative estimate of drug-likeness (QED) is 0.817. The van der Waals surface area contributed by atoms with Crippen molar-refractivity contribution in [2.45, 2.75) is 26.8 Å². The lowest BCUT2D eigenvalue weighted by molar-refractivity contribution is 0.457. The van der Waals surface area contributed by atoms with E-state index in [2.05, 4.69) is 15.3 Å². The maximum absolute atomic E-state index is 11.9. The number of rotatable bonds is 5. The van der Waals surface area contributed by atoms with Crippen LogP contribution in [-0.2, 0) is 6.54 Å². The van der Waals surface area contributed by atoms with Crippen LogP contribution >= 0.6 is 11.3 Å². The number of aryl methyl sites for hydroxylation is 2. The maximum Gasteiger partial charge on any atom is 0.259 e. The smallest absolute Gasteiger partial charge is 0.259 e. The third-order valence-electron chi connectivity index (χ3n) is 2.87. The van der Waals surface area contributed by atoms with E-state index in [9.17, 15) is 9.18 Å². The van der Waals surface area contributed by atoms with Crippen molar-refractivity contribution < 1.29 is 4.39 Å². The normalized spacial score (nSPS) is 11.3. The summed E-state index contributed by atoms with van der Waals surface area (Å²) in [5, 5.41) is 3.73. The summed E-state index contributed by atoms with van der Waals surface area (Å²) < 4.78 is 11.9. The summed E-state index contributed by atoms with van der Waals surface area (Å²) in [5.41, 5.74) is 0.907. The monoisotopic (exact) mass is 269 g/mol.